The van der Waals surface area contributed by atoms with Crippen molar-refractivity contribution in [1.29, 1.82) is 0 Å². The molecule has 0 aliphatic carbocycles. The van der Waals surface area contributed by atoms with Crippen molar-refractivity contribution in [2.24, 2.45) is 0 Å². The van der Waals surface area contributed by atoms with Crippen LogP contribution in [0.5, 0.6) is 23.0 Å². The monoisotopic (exact) mass is 883 g/mol. The molecule has 0 aliphatic rings. The Bertz CT molecular complexity index is 1710. The molecule has 354 valence electrons. The van der Waals surface area contributed by atoms with E-state index in [0.29, 0.717) is 55.3 Å². The van der Waals surface area contributed by atoms with E-state index in [1.54, 1.807) is 12.1 Å². The van der Waals surface area contributed by atoms with Gasteiger partial charge in [-0.3, -0.25) is 19.2 Å². The number of rotatable bonds is 36. The summed E-state index contributed by atoms with van der Waals surface area (Å²) in [5, 5.41) is 3.98. The molecule has 4 aromatic rings. The third-order valence-electron chi connectivity index (χ3n) is 12.6. The molecule has 0 aromatic heterocycles. The first-order valence-electron chi connectivity index (χ1n) is 25.9. The van der Waals surface area contributed by atoms with E-state index in [9.17, 15) is 19.2 Å². The summed E-state index contributed by atoms with van der Waals surface area (Å²) in [6.07, 6.45) is 31.4. The second-order valence-corrected chi connectivity index (χ2v) is 18.2. The van der Waals surface area contributed by atoms with Gasteiger partial charge in [-0.1, -0.05) is 182 Å². The fourth-order valence-corrected chi connectivity index (χ4v) is 8.80. The molecule has 4 rings (SSSR count). The normalized spacial score (nSPS) is 11.5. The smallest absolute Gasteiger partial charge is 0.311 e. The van der Waals surface area contributed by atoms with Crippen LogP contribution < -0.4 is 18.9 Å². The second kappa shape index (κ2) is 30.8. The van der Waals surface area contributed by atoms with E-state index < -0.39 is 0 Å². The zero-order valence-corrected chi connectivity index (χ0v) is 40.4. The maximum absolute atomic E-state index is 13.5. The number of benzene rings is 4. The molecule has 0 aliphatic heterocycles. The molecule has 0 saturated carbocycles. The maximum atomic E-state index is 13.5. The fraction of sp³-hybridized carbons (Fsp3) is 0.643. The van der Waals surface area contributed by atoms with Crippen molar-refractivity contribution >= 4 is 56.2 Å². The summed E-state index contributed by atoms with van der Waals surface area (Å²) in [7, 11) is 0. The predicted octanol–water partition coefficient (Wildman–Crippen LogP) is 16.8. The van der Waals surface area contributed by atoms with Crippen LogP contribution >= 0.6 is 0 Å². The van der Waals surface area contributed by atoms with Crippen LogP contribution in [0.4, 0.5) is 0 Å². The van der Waals surface area contributed by atoms with Crippen molar-refractivity contribution in [2.45, 2.75) is 233 Å². The van der Waals surface area contributed by atoms with Crippen LogP contribution in [0, 0.1) is 0 Å². The Hall–Kier alpha value is -4.20. The van der Waals surface area contributed by atoms with Crippen molar-refractivity contribution < 1.29 is 38.1 Å². The minimum absolute atomic E-state index is 0.279. The largest absolute Gasteiger partial charge is 0.426 e. The van der Waals surface area contributed by atoms with Crippen molar-refractivity contribution in [3.63, 3.8) is 0 Å². The summed E-state index contributed by atoms with van der Waals surface area (Å²) >= 11 is 0. The number of unbranched alkanes of at least 4 members (excludes halogenated alkanes) is 24. The van der Waals surface area contributed by atoms with E-state index >= 15 is 0 Å². The zero-order chi connectivity index (χ0) is 45.8. The van der Waals surface area contributed by atoms with Crippen LogP contribution in [0.2, 0.25) is 0 Å². The molecule has 0 heterocycles. The van der Waals surface area contributed by atoms with Gasteiger partial charge in [0.1, 0.15) is 23.0 Å². The first kappa shape index (κ1) is 52.4. The summed E-state index contributed by atoms with van der Waals surface area (Å²) in [4.78, 5) is 53.8. The number of esters is 4. The van der Waals surface area contributed by atoms with Crippen molar-refractivity contribution in [3.05, 3.63) is 36.4 Å². The molecule has 0 amide bonds. The highest BCUT2D eigenvalue weighted by atomic mass is 16.6. The molecule has 0 atom stereocenters. The van der Waals surface area contributed by atoms with Gasteiger partial charge in [0.05, 0.1) is 0 Å². The summed E-state index contributed by atoms with van der Waals surface area (Å²) in [6.45, 7) is 8.82. The Balaban J connectivity index is 1.69. The van der Waals surface area contributed by atoms with E-state index in [1.807, 2.05) is 24.3 Å². The van der Waals surface area contributed by atoms with Gasteiger partial charge < -0.3 is 18.9 Å². The third-order valence-corrected chi connectivity index (χ3v) is 12.6. The Labute approximate surface area is 385 Å². The lowest BCUT2D eigenvalue weighted by Gasteiger charge is -2.20. The highest BCUT2D eigenvalue weighted by Crippen LogP contribution is 2.48. The third kappa shape index (κ3) is 18.0. The van der Waals surface area contributed by atoms with Gasteiger partial charge in [-0.05, 0) is 49.9 Å². The highest BCUT2D eigenvalue weighted by molar-refractivity contribution is 6.28. The summed E-state index contributed by atoms with van der Waals surface area (Å²) < 4.78 is 24.6. The molecule has 0 radical (unpaired) electrons. The molecule has 0 unspecified atom stereocenters. The second-order valence-electron chi connectivity index (χ2n) is 18.2. The highest BCUT2D eigenvalue weighted by Gasteiger charge is 2.24. The van der Waals surface area contributed by atoms with Crippen LogP contribution in [0.3, 0.4) is 0 Å². The van der Waals surface area contributed by atoms with Gasteiger partial charge in [0.2, 0.25) is 0 Å². The SMILES string of the molecule is CCCCCCCCCC(=O)Oc1cc(OC(=O)CCCCCCCCC)c2ccc3c(OC(=O)CCCCCCCCC)cc(OC(=O)CCCCCCCCC)c4ccc1c2c43. The number of hydrogen-bond donors (Lipinski definition) is 0. The molecular formula is C56H82O8. The lowest BCUT2D eigenvalue weighted by atomic mass is 9.92. The van der Waals surface area contributed by atoms with E-state index in [-0.39, 0.29) is 49.6 Å². The van der Waals surface area contributed by atoms with Crippen molar-refractivity contribution in [1.82, 2.24) is 0 Å². The van der Waals surface area contributed by atoms with Gasteiger partial charge in [0, 0.05) is 70.1 Å². The number of hydrogen-bond acceptors (Lipinski definition) is 8. The van der Waals surface area contributed by atoms with Gasteiger partial charge in [0.15, 0.2) is 0 Å². The van der Waals surface area contributed by atoms with Gasteiger partial charge in [-0.25, -0.2) is 0 Å². The van der Waals surface area contributed by atoms with Crippen molar-refractivity contribution in [2.75, 3.05) is 0 Å². The van der Waals surface area contributed by atoms with E-state index in [4.69, 9.17) is 18.9 Å². The molecule has 0 fully saturated rings. The topological polar surface area (TPSA) is 105 Å². The predicted molar refractivity (Wildman–Crippen MR) is 263 cm³/mol. The van der Waals surface area contributed by atoms with E-state index in [0.717, 1.165) is 77.0 Å². The zero-order valence-electron chi connectivity index (χ0n) is 40.4. The molecule has 64 heavy (non-hydrogen) atoms. The Morgan fingerprint density at radius 2 is 0.484 bits per heavy atom. The molecule has 0 spiro atoms. The lowest BCUT2D eigenvalue weighted by Crippen LogP contribution is -2.12. The number of ether oxygens (including phenoxy) is 4. The molecule has 8 nitrogen and oxygen atoms in total. The lowest BCUT2D eigenvalue weighted by molar-refractivity contribution is -0.135. The Kier molecular flexibility index (Phi) is 25.3. The van der Waals surface area contributed by atoms with Crippen LogP contribution in [-0.4, -0.2) is 23.9 Å². The molecule has 8 heteroatoms. The average molecular weight is 883 g/mol. The van der Waals surface area contributed by atoms with E-state index in [1.165, 1.54) is 103 Å². The first-order chi connectivity index (χ1) is 31.3. The molecule has 0 saturated heterocycles. The van der Waals surface area contributed by atoms with Crippen LogP contribution in [0.1, 0.15) is 233 Å². The van der Waals surface area contributed by atoms with E-state index in [2.05, 4.69) is 27.7 Å². The van der Waals surface area contributed by atoms with Gasteiger partial charge >= 0.3 is 23.9 Å². The van der Waals surface area contributed by atoms with Gasteiger partial charge in [0.25, 0.3) is 0 Å². The number of carbonyl (C=O) groups is 4. The fourth-order valence-electron chi connectivity index (χ4n) is 8.80. The average Bonchev–Trinajstić information content (AvgIpc) is 3.28. The summed E-state index contributed by atoms with van der Waals surface area (Å²) in [5.41, 5.74) is 0. The van der Waals surface area contributed by atoms with Crippen molar-refractivity contribution in [3.8, 4) is 23.0 Å². The quantitative estimate of drug-likeness (QED) is 0.0192. The van der Waals surface area contributed by atoms with Gasteiger partial charge in [-0.15, -0.1) is 0 Å². The maximum Gasteiger partial charge on any atom is 0.311 e. The Morgan fingerprint density at radius 3 is 0.688 bits per heavy atom. The molecule has 4 aromatic carbocycles. The Morgan fingerprint density at radius 1 is 0.297 bits per heavy atom. The van der Waals surface area contributed by atoms with Crippen LogP contribution in [0.15, 0.2) is 36.4 Å². The summed E-state index contributed by atoms with van der Waals surface area (Å²) in [6, 6.07) is 10.8. The first-order valence-corrected chi connectivity index (χ1v) is 25.9. The van der Waals surface area contributed by atoms with Crippen LogP contribution in [0.25, 0.3) is 32.3 Å². The standard InChI is InChI=1S/C56H82O8/c1-5-9-13-17-21-25-29-33-51(57)61-47-41-48(62-52(58)34-30-26-22-18-14-10-6-2)44-39-40-46-50(64-54(60)36-32-28-24-20-16-12-8-4)42-49(45-38-37-43(47)55(44)56(45)46)63-53(59)35-31-27-23-19-15-11-7-3/h37-42H,5-36H2,1-4H3. The van der Waals surface area contributed by atoms with Crippen LogP contribution in [-0.2, 0) is 19.2 Å². The number of carbonyl (C=O) groups excluding carboxylic acids is 4. The molecule has 0 N–H and O–H groups in total. The summed E-state index contributed by atoms with van der Waals surface area (Å²) in [5.74, 6) is -0.180. The van der Waals surface area contributed by atoms with Gasteiger partial charge in [-0.2, -0.15) is 0 Å². The molecule has 0 bridgehead atoms. The minimum Gasteiger partial charge on any atom is -0.426 e. The molecular weight excluding hydrogens is 801 g/mol. The minimum atomic E-state index is -0.344.